The lowest BCUT2D eigenvalue weighted by Gasteiger charge is -2.13. The van der Waals surface area contributed by atoms with Crippen LogP contribution in [-0.2, 0) is 9.53 Å². The molecule has 2 rings (SSSR count). The molecule has 6 heteroatoms. The predicted molar refractivity (Wildman–Crippen MR) is 108 cm³/mol. The molecule has 28 heavy (non-hydrogen) atoms. The monoisotopic (exact) mass is 384 g/mol. The molecule has 2 aromatic rings. The van der Waals surface area contributed by atoms with E-state index in [-0.39, 0.29) is 30.9 Å². The first-order valence-corrected chi connectivity index (χ1v) is 9.34. The fourth-order valence-corrected chi connectivity index (χ4v) is 3.49. The summed E-state index contributed by atoms with van der Waals surface area (Å²) in [6.07, 6.45) is 0. The second-order valence-electron chi connectivity index (χ2n) is 7.39. The largest absolute Gasteiger partial charge is 0.456 e. The molecule has 0 bridgehead atoms. The first-order valence-electron chi connectivity index (χ1n) is 9.34. The molecule has 0 fully saturated rings. The molecule has 1 amide bonds. The summed E-state index contributed by atoms with van der Waals surface area (Å²) in [6, 6.07) is 7.52. The van der Waals surface area contributed by atoms with Crippen LogP contribution in [0.25, 0.3) is 0 Å². The number of aromatic nitrogens is 1. The molecule has 0 aliphatic heterocycles. The van der Waals surface area contributed by atoms with E-state index in [1.165, 1.54) is 0 Å². The second-order valence-corrected chi connectivity index (χ2v) is 7.39. The third-order valence-corrected chi connectivity index (χ3v) is 4.54. The van der Waals surface area contributed by atoms with E-state index in [9.17, 15) is 14.4 Å². The number of nitrogens with zero attached hydrogens (tertiary/aromatic N) is 1. The average molecular weight is 384 g/mol. The van der Waals surface area contributed by atoms with Gasteiger partial charge in [0, 0.05) is 28.6 Å². The van der Waals surface area contributed by atoms with Crippen molar-refractivity contribution in [1.82, 2.24) is 9.88 Å². The summed E-state index contributed by atoms with van der Waals surface area (Å²) in [6.45, 7) is 11.1. The van der Waals surface area contributed by atoms with Crippen LogP contribution in [0.3, 0.4) is 0 Å². The highest BCUT2D eigenvalue weighted by atomic mass is 16.5. The molecular weight excluding hydrogens is 356 g/mol. The molecule has 1 heterocycles. The smallest absolute Gasteiger partial charge is 0.325 e. The Kier molecular flexibility index (Phi) is 6.78. The fraction of sp³-hybridized carbons (Fsp3) is 0.409. The molecule has 1 aromatic heterocycles. The standard InChI is InChI=1S/C22H28N2O4/c1-13(2)24-16(5)10-19(17(24)6)20(25)12-28-21(26)11-23-22(27)18-8-14(3)7-15(4)9-18/h7-10,13H,11-12H2,1-6H3,(H,23,27). The van der Waals surface area contributed by atoms with Crippen LogP contribution in [0.5, 0.6) is 0 Å². The summed E-state index contributed by atoms with van der Waals surface area (Å²) in [7, 11) is 0. The number of hydrogen-bond donors (Lipinski definition) is 1. The summed E-state index contributed by atoms with van der Waals surface area (Å²) in [4.78, 5) is 36.5. The minimum Gasteiger partial charge on any atom is -0.456 e. The van der Waals surface area contributed by atoms with E-state index >= 15 is 0 Å². The highest BCUT2D eigenvalue weighted by Crippen LogP contribution is 2.20. The minimum absolute atomic E-state index is 0.240. The van der Waals surface area contributed by atoms with Crippen molar-refractivity contribution in [2.75, 3.05) is 13.2 Å². The van der Waals surface area contributed by atoms with Crippen LogP contribution in [0.15, 0.2) is 24.3 Å². The van der Waals surface area contributed by atoms with Crippen molar-refractivity contribution < 1.29 is 19.1 Å². The van der Waals surface area contributed by atoms with Crippen molar-refractivity contribution in [2.45, 2.75) is 47.6 Å². The highest BCUT2D eigenvalue weighted by molar-refractivity contribution is 6.00. The number of amides is 1. The van der Waals surface area contributed by atoms with Crippen LogP contribution in [0, 0.1) is 27.7 Å². The lowest BCUT2D eigenvalue weighted by atomic mass is 10.1. The number of rotatable bonds is 7. The fourth-order valence-electron chi connectivity index (χ4n) is 3.49. The molecule has 1 aromatic carbocycles. The van der Waals surface area contributed by atoms with Gasteiger partial charge in [-0.2, -0.15) is 0 Å². The number of aryl methyl sites for hydroxylation is 3. The number of nitrogens with one attached hydrogen (secondary N) is 1. The average Bonchev–Trinajstić information content (AvgIpc) is 2.91. The molecular formula is C22H28N2O4. The summed E-state index contributed by atoms with van der Waals surface area (Å²) in [5.74, 6) is -1.26. The lowest BCUT2D eigenvalue weighted by molar-refractivity contribution is -0.141. The van der Waals surface area contributed by atoms with Crippen molar-refractivity contribution in [3.63, 3.8) is 0 Å². The Morgan fingerprint density at radius 1 is 1.00 bits per heavy atom. The van der Waals surface area contributed by atoms with Gasteiger partial charge < -0.3 is 14.6 Å². The van der Waals surface area contributed by atoms with Gasteiger partial charge in [-0.1, -0.05) is 17.2 Å². The van der Waals surface area contributed by atoms with E-state index in [0.717, 1.165) is 22.5 Å². The van der Waals surface area contributed by atoms with Crippen molar-refractivity contribution in [2.24, 2.45) is 0 Å². The van der Waals surface area contributed by atoms with Gasteiger partial charge in [-0.15, -0.1) is 0 Å². The topological polar surface area (TPSA) is 77.4 Å². The maximum absolute atomic E-state index is 12.4. The van der Waals surface area contributed by atoms with E-state index in [0.29, 0.717) is 11.1 Å². The highest BCUT2D eigenvalue weighted by Gasteiger charge is 2.18. The van der Waals surface area contributed by atoms with Crippen molar-refractivity contribution in [1.29, 1.82) is 0 Å². The van der Waals surface area contributed by atoms with Gasteiger partial charge in [0.1, 0.15) is 6.54 Å². The maximum Gasteiger partial charge on any atom is 0.325 e. The Morgan fingerprint density at radius 3 is 2.14 bits per heavy atom. The zero-order valence-electron chi connectivity index (χ0n) is 17.4. The molecule has 0 radical (unpaired) electrons. The SMILES string of the molecule is Cc1cc(C)cc(C(=O)NCC(=O)OCC(=O)c2cc(C)n(C(C)C)c2C)c1. The van der Waals surface area contributed by atoms with Gasteiger partial charge in [-0.25, -0.2) is 0 Å². The van der Waals surface area contributed by atoms with Gasteiger partial charge in [0.25, 0.3) is 5.91 Å². The molecule has 0 spiro atoms. The Hall–Kier alpha value is -2.89. The first-order chi connectivity index (χ1) is 13.1. The van der Waals surface area contributed by atoms with Gasteiger partial charge in [0.15, 0.2) is 6.61 Å². The van der Waals surface area contributed by atoms with Crippen LogP contribution in [0.4, 0.5) is 0 Å². The molecule has 0 aliphatic rings. The molecule has 0 unspecified atom stereocenters. The number of carbonyl (C=O) groups is 3. The van der Waals surface area contributed by atoms with Crippen LogP contribution < -0.4 is 5.32 Å². The number of hydrogen-bond acceptors (Lipinski definition) is 4. The van der Waals surface area contributed by atoms with E-state index in [2.05, 4.69) is 9.88 Å². The van der Waals surface area contributed by atoms with Gasteiger partial charge in [0.05, 0.1) is 0 Å². The van der Waals surface area contributed by atoms with Crippen molar-refractivity contribution in [3.05, 3.63) is 57.9 Å². The van der Waals surface area contributed by atoms with Crippen molar-refractivity contribution >= 4 is 17.7 Å². The number of benzene rings is 1. The van der Waals surface area contributed by atoms with E-state index in [1.807, 2.05) is 53.7 Å². The molecule has 0 aliphatic carbocycles. The minimum atomic E-state index is -0.649. The normalized spacial score (nSPS) is 10.8. The number of esters is 1. The Balaban J connectivity index is 1.89. The van der Waals surface area contributed by atoms with Crippen LogP contribution in [0.1, 0.15) is 63.1 Å². The Morgan fingerprint density at radius 2 is 1.61 bits per heavy atom. The zero-order chi connectivity index (χ0) is 21.0. The predicted octanol–water partition coefficient (Wildman–Crippen LogP) is 3.46. The van der Waals surface area contributed by atoms with Crippen LogP contribution in [0.2, 0.25) is 0 Å². The molecule has 0 saturated carbocycles. The third-order valence-electron chi connectivity index (χ3n) is 4.54. The third kappa shape index (κ3) is 5.09. The summed E-state index contributed by atoms with van der Waals surface area (Å²) in [5, 5.41) is 2.53. The molecule has 1 N–H and O–H groups in total. The maximum atomic E-state index is 12.4. The summed E-state index contributed by atoms with van der Waals surface area (Å²) in [5.41, 5.74) is 4.83. The molecule has 6 nitrogen and oxygen atoms in total. The van der Waals surface area contributed by atoms with Gasteiger partial charge in [-0.05, 0) is 59.7 Å². The Labute approximate surface area is 165 Å². The van der Waals surface area contributed by atoms with Crippen LogP contribution >= 0.6 is 0 Å². The van der Waals surface area contributed by atoms with Gasteiger partial charge >= 0.3 is 5.97 Å². The van der Waals surface area contributed by atoms with Crippen molar-refractivity contribution in [3.8, 4) is 0 Å². The second kappa shape index (κ2) is 8.87. The zero-order valence-corrected chi connectivity index (χ0v) is 17.4. The Bertz CT molecular complexity index is 889. The van der Waals surface area contributed by atoms with E-state index < -0.39 is 5.97 Å². The first kappa shape index (κ1) is 21.4. The van der Waals surface area contributed by atoms with Gasteiger partial charge in [0.2, 0.25) is 5.78 Å². The number of Topliss-reactive ketones (excluding diaryl/α,β-unsaturated/α-hetero) is 1. The quantitative estimate of drug-likeness (QED) is 0.586. The lowest BCUT2D eigenvalue weighted by Crippen LogP contribution is -2.31. The summed E-state index contributed by atoms with van der Waals surface area (Å²) < 4.78 is 7.11. The molecule has 0 saturated heterocycles. The summed E-state index contributed by atoms with van der Waals surface area (Å²) >= 11 is 0. The van der Waals surface area contributed by atoms with E-state index in [4.69, 9.17) is 4.74 Å². The number of ether oxygens (including phenoxy) is 1. The number of ketones is 1. The number of carbonyl (C=O) groups excluding carboxylic acids is 3. The molecule has 150 valence electrons. The molecule has 0 atom stereocenters. The van der Waals surface area contributed by atoms with Gasteiger partial charge in [-0.3, -0.25) is 14.4 Å². The van der Waals surface area contributed by atoms with E-state index in [1.54, 1.807) is 12.1 Å². The van der Waals surface area contributed by atoms with Crippen LogP contribution in [-0.4, -0.2) is 35.4 Å².